The van der Waals surface area contributed by atoms with Crippen LogP contribution in [0.1, 0.15) is 38.5 Å². The van der Waals surface area contributed by atoms with Gasteiger partial charge in [-0.05, 0) is 38.1 Å². The molecule has 1 aromatic heterocycles. The van der Waals surface area contributed by atoms with Crippen molar-refractivity contribution >= 4 is 5.91 Å². The molecule has 1 aliphatic carbocycles. The average Bonchev–Trinajstić information content (AvgIpc) is 3.06. The zero-order chi connectivity index (χ0) is 14.1. The number of carbonyl (C=O) groups excluding carboxylic acids is 1. The fourth-order valence-electron chi connectivity index (χ4n) is 3.92. The van der Waals surface area contributed by atoms with Crippen molar-refractivity contribution in [2.45, 2.75) is 51.2 Å². The molecule has 0 spiro atoms. The van der Waals surface area contributed by atoms with Crippen molar-refractivity contribution in [2.75, 3.05) is 7.05 Å². The first kappa shape index (κ1) is 13.5. The molecule has 1 amide bonds. The summed E-state index contributed by atoms with van der Waals surface area (Å²) in [6.07, 6.45) is 5.96. The van der Waals surface area contributed by atoms with Crippen molar-refractivity contribution in [1.29, 1.82) is 0 Å². The predicted molar refractivity (Wildman–Crippen MR) is 72.6 cm³/mol. The number of nitrogens with zero attached hydrogens (tertiary/aromatic N) is 3. The van der Waals surface area contributed by atoms with Gasteiger partial charge in [-0.15, -0.1) is 10.2 Å². The molecule has 0 radical (unpaired) electrons. The summed E-state index contributed by atoms with van der Waals surface area (Å²) in [6.45, 7) is 2.61. The van der Waals surface area contributed by atoms with Crippen LogP contribution in [0.2, 0.25) is 0 Å². The highest BCUT2D eigenvalue weighted by Crippen LogP contribution is 2.39. The lowest BCUT2D eigenvalue weighted by atomic mass is 9.90. The summed E-state index contributed by atoms with van der Waals surface area (Å²) in [4.78, 5) is 14.8. The van der Waals surface area contributed by atoms with E-state index in [9.17, 15) is 4.79 Å². The van der Waals surface area contributed by atoms with E-state index < -0.39 is 0 Å². The molecule has 3 rings (SSSR count). The van der Waals surface area contributed by atoms with Crippen LogP contribution in [-0.2, 0) is 11.3 Å². The summed E-state index contributed by atoms with van der Waals surface area (Å²) in [5.74, 6) is 1.67. The molecule has 1 saturated carbocycles. The molecule has 20 heavy (non-hydrogen) atoms. The molecule has 110 valence electrons. The first-order valence-corrected chi connectivity index (χ1v) is 7.43. The van der Waals surface area contributed by atoms with Crippen molar-refractivity contribution < 1.29 is 9.21 Å². The molecular weight excluding hydrogens is 256 g/mol. The second-order valence-corrected chi connectivity index (χ2v) is 6.04. The Morgan fingerprint density at radius 2 is 2.35 bits per heavy atom. The third-order valence-electron chi connectivity index (χ3n) is 4.83. The van der Waals surface area contributed by atoms with Crippen LogP contribution in [0.25, 0.3) is 0 Å². The maximum atomic E-state index is 12.8. The lowest BCUT2D eigenvalue weighted by Gasteiger charge is -2.31. The molecule has 2 fully saturated rings. The van der Waals surface area contributed by atoms with Crippen molar-refractivity contribution in [1.82, 2.24) is 20.4 Å². The molecule has 4 unspecified atom stereocenters. The van der Waals surface area contributed by atoms with E-state index in [1.165, 1.54) is 19.2 Å². The number of amides is 1. The average molecular weight is 278 g/mol. The number of carbonyl (C=O) groups is 1. The molecule has 0 bridgehead atoms. The minimum absolute atomic E-state index is 0.108. The van der Waals surface area contributed by atoms with E-state index in [2.05, 4.69) is 22.4 Å². The zero-order valence-electron chi connectivity index (χ0n) is 12.1. The molecule has 1 saturated heterocycles. The molecule has 2 heterocycles. The van der Waals surface area contributed by atoms with E-state index in [0.717, 1.165) is 12.8 Å². The molecule has 1 N–H and O–H groups in total. The largest absolute Gasteiger partial charge is 0.426 e. The highest BCUT2D eigenvalue weighted by atomic mass is 16.4. The summed E-state index contributed by atoms with van der Waals surface area (Å²) in [7, 11) is 1.87. The summed E-state index contributed by atoms with van der Waals surface area (Å²) in [6, 6.07) is 0.221. The van der Waals surface area contributed by atoms with Crippen LogP contribution in [0.5, 0.6) is 0 Å². The Kier molecular flexibility index (Phi) is 3.74. The lowest BCUT2D eigenvalue weighted by Crippen LogP contribution is -2.49. The molecule has 4 atom stereocenters. The number of nitrogens with one attached hydrogen (secondary N) is 1. The monoisotopic (exact) mass is 278 g/mol. The second kappa shape index (κ2) is 5.52. The topological polar surface area (TPSA) is 71.3 Å². The number of hydrogen-bond acceptors (Lipinski definition) is 5. The van der Waals surface area contributed by atoms with Gasteiger partial charge in [0.2, 0.25) is 18.2 Å². The van der Waals surface area contributed by atoms with Gasteiger partial charge in [0.25, 0.3) is 0 Å². The van der Waals surface area contributed by atoms with E-state index >= 15 is 0 Å². The fourth-order valence-corrected chi connectivity index (χ4v) is 3.92. The van der Waals surface area contributed by atoms with Crippen LogP contribution >= 0.6 is 0 Å². The van der Waals surface area contributed by atoms with Crippen LogP contribution in [0.15, 0.2) is 10.8 Å². The summed E-state index contributed by atoms with van der Waals surface area (Å²) in [5.41, 5.74) is 0. The standard InChI is InChI=1S/C14H22N4O2/c1-9-6-10-4-3-5-11(10)18(14(19)13(9)15-2)7-12-17-16-8-20-12/h8-11,13,15H,3-7H2,1-2H3. The maximum Gasteiger partial charge on any atom is 0.240 e. The van der Waals surface area contributed by atoms with E-state index in [1.807, 2.05) is 11.9 Å². The Labute approximate surface area is 118 Å². The van der Waals surface area contributed by atoms with Crippen molar-refractivity contribution in [2.24, 2.45) is 11.8 Å². The summed E-state index contributed by atoms with van der Waals surface area (Å²) in [5, 5.41) is 10.8. The highest BCUT2D eigenvalue weighted by Gasteiger charge is 2.43. The molecule has 1 aliphatic heterocycles. The van der Waals surface area contributed by atoms with Gasteiger partial charge >= 0.3 is 0 Å². The lowest BCUT2D eigenvalue weighted by molar-refractivity contribution is -0.137. The van der Waals surface area contributed by atoms with Crippen LogP contribution in [0, 0.1) is 11.8 Å². The van der Waals surface area contributed by atoms with Crippen molar-refractivity contribution in [3.05, 3.63) is 12.3 Å². The van der Waals surface area contributed by atoms with Crippen LogP contribution in [0.4, 0.5) is 0 Å². The number of fused-ring (bicyclic) bond motifs is 1. The van der Waals surface area contributed by atoms with E-state index in [4.69, 9.17) is 4.42 Å². The Morgan fingerprint density at radius 3 is 3.05 bits per heavy atom. The quantitative estimate of drug-likeness (QED) is 0.899. The van der Waals surface area contributed by atoms with E-state index in [0.29, 0.717) is 30.3 Å². The third kappa shape index (κ3) is 2.32. The number of aromatic nitrogens is 2. The first-order chi connectivity index (χ1) is 9.70. The number of likely N-dealkylation sites (tertiary alicyclic amines) is 1. The fraction of sp³-hybridized carbons (Fsp3) is 0.786. The van der Waals surface area contributed by atoms with Gasteiger partial charge in [-0.3, -0.25) is 4.79 Å². The summed E-state index contributed by atoms with van der Waals surface area (Å²) < 4.78 is 5.23. The van der Waals surface area contributed by atoms with Gasteiger partial charge in [-0.2, -0.15) is 0 Å². The minimum Gasteiger partial charge on any atom is -0.426 e. The SMILES string of the molecule is CNC1C(=O)N(Cc2nnco2)C2CCCC2CC1C. The van der Waals surface area contributed by atoms with Gasteiger partial charge in [-0.1, -0.05) is 13.3 Å². The molecule has 0 aromatic carbocycles. The Bertz CT molecular complexity index is 462. The van der Waals surface area contributed by atoms with Crippen LogP contribution in [0.3, 0.4) is 0 Å². The number of rotatable bonds is 3. The van der Waals surface area contributed by atoms with Gasteiger partial charge in [-0.25, -0.2) is 0 Å². The van der Waals surface area contributed by atoms with Crippen molar-refractivity contribution in [3.63, 3.8) is 0 Å². The highest BCUT2D eigenvalue weighted by molar-refractivity contribution is 5.82. The van der Waals surface area contributed by atoms with Gasteiger partial charge in [0, 0.05) is 6.04 Å². The van der Waals surface area contributed by atoms with E-state index in [-0.39, 0.29) is 11.9 Å². The van der Waals surface area contributed by atoms with E-state index in [1.54, 1.807) is 0 Å². The Hall–Kier alpha value is -1.43. The molecule has 6 heteroatoms. The molecular formula is C14H22N4O2. The number of hydrogen-bond donors (Lipinski definition) is 1. The minimum atomic E-state index is -0.108. The first-order valence-electron chi connectivity index (χ1n) is 7.43. The second-order valence-electron chi connectivity index (χ2n) is 6.04. The molecule has 6 nitrogen and oxygen atoms in total. The van der Waals surface area contributed by atoms with Gasteiger partial charge in [0.1, 0.15) is 0 Å². The van der Waals surface area contributed by atoms with Crippen molar-refractivity contribution in [3.8, 4) is 0 Å². The third-order valence-corrected chi connectivity index (χ3v) is 4.83. The van der Waals surface area contributed by atoms with Crippen LogP contribution in [-0.4, -0.2) is 40.1 Å². The Balaban J connectivity index is 1.87. The van der Waals surface area contributed by atoms with Gasteiger partial charge in [0.05, 0.1) is 12.6 Å². The van der Waals surface area contributed by atoms with Gasteiger partial charge < -0.3 is 14.6 Å². The molecule has 1 aromatic rings. The van der Waals surface area contributed by atoms with Gasteiger partial charge in [0.15, 0.2) is 0 Å². The predicted octanol–water partition coefficient (Wildman–Crippen LogP) is 1.19. The normalized spacial score (nSPS) is 34.1. The van der Waals surface area contributed by atoms with Crippen LogP contribution < -0.4 is 5.32 Å². The molecule has 2 aliphatic rings. The Morgan fingerprint density at radius 1 is 1.50 bits per heavy atom. The smallest absolute Gasteiger partial charge is 0.240 e. The zero-order valence-corrected chi connectivity index (χ0v) is 12.1. The maximum absolute atomic E-state index is 12.8. The number of likely N-dealkylation sites (N-methyl/N-ethyl adjacent to an activating group) is 1. The summed E-state index contributed by atoms with van der Waals surface area (Å²) >= 11 is 0.